The molecule has 4 nitrogen and oxygen atoms in total. The Balaban J connectivity index is 1.23. The number of carbonyl (C=O) groups is 1. The van der Waals surface area contributed by atoms with Crippen LogP contribution in [0.2, 0.25) is 10.0 Å². The van der Waals surface area contributed by atoms with Gasteiger partial charge in [-0.3, -0.25) is 9.00 Å². The average molecular weight is 542 g/mol. The molecular formula is C29H30Cl2N2O2S. The lowest BCUT2D eigenvalue weighted by molar-refractivity contribution is 0.0949. The van der Waals surface area contributed by atoms with Crippen molar-refractivity contribution in [3.8, 4) is 0 Å². The summed E-state index contributed by atoms with van der Waals surface area (Å²) in [4.78, 5) is 16.2. The van der Waals surface area contributed by atoms with Crippen LogP contribution in [0, 0.1) is 0 Å². The van der Waals surface area contributed by atoms with Crippen molar-refractivity contribution in [2.24, 2.45) is 0 Å². The summed E-state index contributed by atoms with van der Waals surface area (Å²) in [6.07, 6.45) is 2.94. The van der Waals surface area contributed by atoms with Crippen LogP contribution in [0.4, 0.5) is 0 Å². The van der Waals surface area contributed by atoms with Crippen LogP contribution in [0.15, 0.2) is 77.7 Å². The molecule has 1 spiro atoms. The van der Waals surface area contributed by atoms with Gasteiger partial charge in [0.05, 0.1) is 20.8 Å². The molecule has 1 N–H and O–H groups in total. The fourth-order valence-corrected chi connectivity index (χ4v) is 7.70. The van der Waals surface area contributed by atoms with Crippen molar-refractivity contribution in [1.29, 1.82) is 0 Å². The minimum Gasteiger partial charge on any atom is -0.351 e. The average Bonchev–Trinajstić information content (AvgIpc) is 3.18. The highest BCUT2D eigenvalue weighted by atomic mass is 35.5. The summed E-state index contributed by atoms with van der Waals surface area (Å²) in [6.45, 7) is 3.41. The Morgan fingerprint density at radius 2 is 1.69 bits per heavy atom. The standard InChI is InChI=1S/C29H30Cl2N2O2S/c30-25-11-10-22(18-26(25)31)23(19-32-28(34)21-6-2-1-3-7-21)12-15-33-16-13-29(14-17-33)20-36(35)27-9-5-4-8-24(27)29/h1-11,18,23H,12-17,19-20H2,(H,32,34)/t23-,36?/m0/s1. The van der Waals surface area contributed by atoms with Gasteiger partial charge >= 0.3 is 0 Å². The van der Waals surface area contributed by atoms with Crippen molar-refractivity contribution in [2.45, 2.75) is 35.5 Å². The Kier molecular flexibility index (Phi) is 7.82. The monoisotopic (exact) mass is 540 g/mol. The lowest BCUT2D eigenvalue weighted by Gasteiger charge is -2.40. The number of likely N-dealkylation sites (tertiary alicyclic amines) is 1. The van der Waals surface area contributed by atoms with E-state index in [2.05, 4.69) is 22.3 Å². The van der Waals surface area contributed by atoms with E-state index < -0.39 is 10.8 Å². The zero-order chi connectivity index (χ0) is 25.1. The summed E-state index contributed by atoms with van der Waals surface area (Å²) in [5.74, 6) is 0.786. The van der Waals surface area contributed by atoms with E-state index in [1.807, 2.05) is 60.7 Å². The summed E-state index contributed by atoms with van der Waals surface area (Å²) in [5.41, 5.74) is 3.07. The number of halogens is 2. The van der Waals surface area contributed by atoms with Gasteiger partial charge in [-0.05, 0) is 80.4 Å². The predicted molar refractivity (Wildman–Crippen MR) is 148 cm³/mol. The molecule has 3 aromatic rings. The molecule has 0 saturated carbocycles. The van der Waals surface area contributed by atoms with Crippen LogP contribution in [0.25, 0.3) is 0 Å². The summed E-state index contributed by atoms with van der Waals surface area (Å²) < 4.78 is 12.7. The van der Waals surface area contributed by atoms with Crippen molar-refractivity contribution in [1.82, 2.24) is 10.2 Å². The smallest absolute Gasteiger partial charge is 0.251 e. The first kappa shape index (κ1) is 25.5. The maximum Gasteiger partial charge on any atom is 0.251 e. The molecule has 0 bridgehead atoms. The Labute approximate surface area is 225 Å². The van der Waals surface area contributed by atoms with E-state index in [9.17, 15) is 9.00 Å². The molecule has 1 fully saturated rings. The normalized spacial score (nSPS) is 19.7. The van der Waals surface area contributed by atoms with E-state index in [0.29, 0.717) is 22.2 Å². The lowest BCUT2D eigenvalue weighted by Crippen LogP contribution is -2.44. The fraction of sp³-hybridized carbons (Fsp3) is 0.345. The quantitative estimate of drug-likeness (QED) is 0.396. The first-order chi connectivity index (χ1) is 17.4. The second-order valence-electron chi connectivity index (χ2n) is 9.84. The fourth-order valence-electron chi connectivity index (χ4n) is 5.53. The van der Waals surface area contributed by atoms with Crippen LogP contribution in [-0.2, 0) is 16.2 Å². The topological polar surface area (TPSA) is 49.4 Å². The second kappa shape index (κ2) is 11.1. The van der Waals surface area contributed by atoms with Crippen LogP contribution >= 0.6 is 23.2 Å². The summed E-state index contributed by atoms with van der Waals surface area (Å²) in [7, 11) is -0.891. The number of fused-ring (bicyclic) bond motifs is 2. The highest BCUT2D eigenvalue weighted by Crippen LogP contribution is 2.44. The third-order valence-corrected chi connectivity index (χ3v) is 10.1. The Hall–Kier alpha value is -2.18. The van der Waals surface area contributed by atoms with Crippen molar-refractivity contribution < 1.29 is 9.00 Å². The first-order valence-corrected chi connectivity index (χ1v) is 14.5. The molecular weight excluding hydrogens is 511 g/mol. The minimum atomic E-state index is -0.891. The molecule has 2 atom stereocenters. The van der Waals surface area contributed by atoms with E-state index in [1.165, 1.54) is 5.56 Å². The van der Waals surface area contributed by atoms with Crippen molar-refractivity contribution in [3.05, 3.63) is 99.5 Å². The molecule has 3 aromatic carbocycles. The van der Waals surface area contributed by atoms with Gasteiger partial charge in [-0.25, -0.2) is 0 Å². The van der Waals surface area contributed by atoms with Gasteiger partial charge in [-0.2, -0.15) is 0 Å². The molecule has 2 aliphatic rings. The predicted octanol–water partition coefficient (Wildman–Crippen LogP) is 6.05. The number of nitrogens with zero attached hydrogens (tertiary/aromatic N) is 1. The SMILES string of the molecule is O=C(NC[C@H](CCN1CCC2(CC1)CS(=O)c1ccccc12)c1ccc(Cl)c(Cl)c1)c1ccccc1. The molecule has 0 radical (unpaired) electrons. The van der Waals surface area contributed by atoms with Crippen LogP contribution in [-0.4, -0.2) is 46.9 Å². The van der Waals surface area contributed by atoms with Crippen LogP contribution in [0.1, 0.15) is 46.7 Å². The largest absolute Gasteiger partial charge is 0.351 e. The molecule has 36 heavy (non-hydrogen) atoms. The van der Waals surface area contributed by atoms with Gasteiger partial charge in [-0.15, -0.1) is 0 Å². The van der Waals surface area contributed by atoms with E-state index in [0.717, 1.165) is 55.1 Å². The summed E-state index contributed by atoms with van der Waals surface area (Å²) in [6, 6.07) is 23.3. The minimum absolute atomic E-state index is 0.0463. The van der Waals surface area contributed by atoms with Gasteiger partial charge in [0.25, 0.3) is 5.91 Å². The van der Waals surface area contributed by atoms with E-state index >= 15 is 0 Å². The molecule has 1 unspecified atom stereocenters. The highest BCUT2D eigenvalue weighted by molar-refractivity contribution is 7.85. The Morgan fingerprint density at radius 3 is 2.44 bits per heavy atom. The maximum absolute atomic E-state index is 12.7. The summed E-state index contributed by atoms with van der Waals surface area (Å²) >= 11 is 12.5. The van der Waals surface area contributed by atoms with E-state index in [4.69, 9.17) is 23.2 Å². The van der Waals surface area contributed by atoms with Crippen molar-refractivity contribution >= 4 is 39.9 Å². The number of rotatable bonds is 7. The van der Waals surface area contributed by atoms with Gasteiger partial charge in [0.1, 0.15) is 0 Å². The number of carbonyl (C=O) groups excluding carboxylic acids is 1. The third-order valence-electron chi connectivity index (χ3n) is 7.68. The number of nitrogens with one attached hydrogen (secondary N) is 1. The highest BCUT2D eigenvalue weighted by Gasteiger charge is 2.44. The van der Waals surface area contributed by atoms with Crippen molar-refractivity contribution in [3.63, 3.8) is 0 Å². The van der Waals surface area contributed by atoms with Crippen LogP contribution < -0.4 is 5.32 Å². The zero-order valence-electron chi connectivity index (χ0n) is 20.1. The molecule has 2 heterocycles. The van der Waals surface area contributed by atoms with Gasteiger partial charge < -0.3 is 10.2 Å². The summed E-state index contributed by atoms with van der Waals surface area (Å²) in [5, 5.41) is 4.17. The first-order valence-electron chi connectivity index (χ1n) is 12.4. The molecule has 188 valence electrons. The number of amides is 1. The van der Waals surface area contributed by atoms with Gasteiger partial charge in [0.2, 0.25) is 0 Å². The third kappa shape index (κ3) is 5.40. The second-order valence-corrected chi connectivity index (χ2v) is 12.1. The number of hydrogen-bond acceptors (Lipinski definition) is 3. The Bertz CT molecular complexity index is 1260. The van der Waals surface area contributed by atoms with Crippen molar-refractivity contribution in [2.75, 3.05) is 31.9 Å². The zero-order valence-corrected chi connectivity index (χ0v) is 22.4. The molecule has 7 heteroatoms. The molecule has 0 aromatic heterocycles. The van der Waals surface area contributed by atoms with Gasteiger partial charge in [0, 0.05) is 34.1 Å². The van der Waals surface area contributed by atoms with Crippen LogP contribution in [0.5, 0.6) is 0 Å². The molecule has 5 rings (SSSR count). The van der Waals surface area contributed by atoms with Gasteiger partial charge in [-0.1, -0.05) is 65.7 Å². The lowest BCUT2D eigenvalue weighted by atomic mass is 9.74. The van der Waals surface area contributed by atoms with Gasteiger partial charge in [0.15, 0.2) is 0 Å². The van der Waals surface area contributed by atoms with Crippen LogP contribution in [0.3, 0.4) is 0 Å². The number of benzene rings is 3. The molecule has 1 saturated heterocycles. The molecule has 1 amide bonds. The molecule has 0 aliphatic carbocycles. The Morgan fingerprint density at radius 1 is 0.972 bits per heavy atom. The maximum atomic E-state index is 12.7. The van der Waals surface area contributed by atoms with E-state index in [-0.39, 0.29) is 17.2 Å². The van der Waals surface area contributed by atoms with E-state index in [1.54, 1.807) is 0 Å². The number of hydrogen-bond donors (Lipinski definition) is 1. The molecule has 2 aliphatic heterocycles. The number of piperidine rings is 1.